The third kappa shape index (κ3) is 7.40. The Kier molecular flexibility index (Phi) is 9.52. The summed E-state index contributed by atoms with van der Waals surface area (Å²) in [6.07, 6.45) is 1.73. The van der Waals surface area contributed by atoms with Crippen molar-refractivity contribution in [3.8, 4) is 5.75 Å². The van der Waals surface area contributed by atoms with Crippen molar-refractivity contribution in [2.75, 3.05) is 38.6 Å². The second-order valence-electron chi connectivity index (χ2n) is 7.55. The normalized spacial score (nSPS) is 11.9. The molecule has 0 aliphatic heterocycles. The van der Waals surface area contributed by atoms with E-state index in [-0.39, 0.29) is 24.4 Å². The number of aromatic nitrogens is 1. The number of benzene rings is 1. The van der Waals surface area contributed by atoms with Crippen LogP contribution in [0.5, 0.6) is 5.75 Å². The quantitative estimate of drug-likeness (QED) is 0.554. The highest BCUT2D eigenvalue weighted by atomic mass is 16.5. The highest BCUT2D eigenvalue weighted by molar-refractivity contribution is 5.99. The van der Waals surface area contributed by atoms with E-state index in [1.165, 1.54) is 0 Å². The van der Waals surface area contributed by atoms with Crippen LogP contribution in [0.25, 0.3) is 0 Å². The molecule has 0 radical (unpaired) electrons. The number of nitrogens with zero attached hydrogens (tertiary/aromatic N) is 3. The summed E-state index contributed by atoms with van der Waals surface area (Å²) >= 11 is 0. The average Bonchev–Trinajstić information content (AvgIpc) is 3.18. The third-order valence-electron chi connectivity index (χ3n) is 5.31. The lowest BCUT2D eigenvalue weighted by atomic mass is 10.1. The lowest BCUT2D eigenvalue weighted by Gasteiger charge is -2.29. The molecule has 8 heteroatoms. The molecule has 2 amide bonds. The standard InChI is InChI=1S/C23H34N4O4/c1-6-26(7-2)13-9-10-17(3)27(16-22(28)24-21-14-18(4)31-25-21)23(29)19-11-8-12-20(15-19)30-5/h8,11-12,14-15,17H,6-7,9-10,13,16H2,1-5H3,(H,24,25,28). The Bertz CT molecular complexity index is 848. The Morgan fingerprint density at radius 3 is 2.58 bits per heavy atom. The van der Waals surface area contributed by atoms with E-state index in [2.05, 4.69) is 29.2 Å². The topological polar surface area (TPSA) is 87.9 Å². The van der Waals surface area contributed by atoms with Crippen LogP contribution in [0, 0.1) is 6.92 Å². The molecule has 0 bridgehead atoms. The van der Waals surface area contributed by atoms with E-state index in [0.29, 0.717) is 22.9 Å². The number of anilines is 1. The molecule has 1 N–H and O–H groups in total. The maximum absolute atomic E-state index is 13.3. The third-order valence-corrected chi connectivity index (χ3v) is 5.31. The van der Waals surface area contributed by atoms with Gasteiger partial charge in [0.15, 0.2) is 5.82 Å². The van der Waals surface area contributed by atoms with E-state index in [4.69, 9.17) is 9.26 Å². The lowest BCUT2D eigenvalue weighted by molar-refractivity contribution is -0.117. The summed E-state index contributed by atoms with van der Waals surface area (Å²) < 4.78 is 10.2. The van der Waals surface area contributed by atoms with Crippen molar-refractivity contribution >= 4 is 17.6 Å². The molecule has 2 rings (SSSR count). The van der Waals surface area contributed by atoms with Crippen LogP contribution in [-0.2, 0) is 4.79 Å². The van der Waals surface area contributed by atoms with Crippen LogP contribution in [0.3, 0.4) is 0 Å². The molecule has 0 fully saturated rings. The van der Waals surface area contributed by atoms with Gasteiger partial charge in [-0.1, -0.05) is 25.1 Å². The molecule has 0 saturated carbocycles. The number of nitrogens with one attached hydrogen (secondary N) is 1. The van der Waals surface area contributed by atoms with Gasteiger partial charge in [-0.05, 0) is 64.5 Å². The van der Waals surface area contributed by atoms with Gasteiger partial charge in [0.1, 0.15) is 18.1 Å². The molecule has 170 valence electrons. The molecule has 0 aliphatic carbocycles. The molecule has 31 heavy (non-hydrogen) atoms. The van der Waals surface area contributed by atoms with E-state index < -0.39 is 0 Å². The molecule has 1 unspecified atom stereocenters. The predicted molar refractivity (Wildman–Crippen MR) is 120 cm³/mol. The highest BCUT2D eigenvalue weighted by Gasteiger charge is 2.25. The lowest BCUT2D eigenvalue weighted by Crippen LogP contribution is -2.44. The van der Waals surface area contributed by atoms with Crippen LogP contribution < -0.4 is 10.1 Å². The van der Waals surface area contributed by atoms with Gasteiger partial charge in [0.05, 0.1) is 7.11 Å². The number of carbonyl (C=O) groups excluding carboxylic acids is 2. The summed E-state index contributed by atoms with van der Waals surface area (Å²) in [5, 5.41) is 6.49. The van der Waals surface area contributed by atoms with Gasteiger partial charge in [-0.2, -0.15) is 0 Å². The Hall–Kier alpha value is -2.87. The van der Waals surface area contributed by atoms with E-state index in [0.717, 1.165) is 32.5 Å². The van der Waals surface area contributed by atoms with Gasteiger partial charge in [0.25, 0.3) is 5.91 Å². The minimum atomic E-state index is -0.319. The van der Waals surface area contributed by atoms with Gasteiger partial charge in [-0.25, -0.2) is 0 Å². The monoisotopic (exact) mass is 430 g/mol. The van der Waals surface area contributed by atoms with Gasteiger partial charge in [-0.3, -0.25) is 9.59 Å². The number of ether oxygens (including phenoxy) is 1. The van der Waals surface area contributed by atoms with E-state index in [9.17, 15) is 9.59 Å². The van der Waals surface area contributed by atoms with Gasteiger partial charge in [0.2, 0.25) is 5.91 Å². The van der Waals surface area contributed by atoms with Crippen molar-refractivity contribution in [3.63, 3.8) is 0 Å². The van der Waals surface area contributed by atoms with Gasteiger partial charge in [-0.15, -0.1) is 0 Å². The molecule has 0 spiro atoms. The second kappa shape index (κ2) is 12.1. The number of hydrogen-bond donors (Lipinski definition) is 1. The van der Waals surface area contributed by atoms with Gasteiger partial charge in [0, 0.05) is 17.7 Å². The van der Waals surface area contributed by atoms with Crippen LogP contribution in [-0.4, -0.2) is 66.1 Å². The fourth-order valence-corrected chi connectivity index (χ4v) is 3.42. The zero-order chi connectivity index (χ0) is 22.8. The summed E-state index contributed by atoms with van der Waals surface area (Å²) in [5.74, 6) is 1.01. The number of hydrogen-bond acceptors (Lipinski definition) is 6. The fraction of sp³-hybridized carbons (Fsp3) is 0.522. The summed E-state index contributed by atoms with van der Waals surface area (Å²) in [5.41, 5.74) is 0.486. The minimum Gasteiger partial charge on any atom is -0.497 e. The highest BCUT2D eigenvalue weighted by Crippen LogP contribution is 2.18. The molecule has 2 aromatic rings. The van der Waals surface area contributed by atoms with Crippen LogP contribution in [0.4, 0.5) is 5.82 Å². The molecule has 1 atom stereocenters. The molecule has 0 aliphatic rings. The van der Waals surface area contributed by atoms with Crippen LogP contribution in [0.1, 0.15) is 49.7 Å². The Labute approximate surface area is 184 Å². The zero-order valence-electron chi connectivity index (χ0n) is 19.2. The number of aryl methyl sites for hydroxylation is 1. The van der Waals surface area contributed by atoms with Crippen molar-refractivity contribution in [3.05, 3.63) is 41.7 Å². The first-order valence-corrected chi connectivity index (χ1v) is 10.8. The van der Waals surface area contributed by atoms with Crippen molar-refractivity contribution in [1.82, 2.24) is 15.0 Å². The van der Waals surface area contributed by atoms with E-state index in [1.54, 1.807) is 49.3 Å². The van der Waals surface area contributed by atoms with Crippen LogP contribution in [0.2, 0.25) is 0 Å². The molecule has 1 heterocycles. The molecule has 0 saturated heterocycles. The van der Waals surface area contributed by atoms with Crippen molar-refractivity contribution in [2.45, 2.75) is 46.6 Å². The van der Waals surface area contributed by atoms with Crippen LogP contribution >= 0.6 is 0 Å². The summed E-state index contributed by atoms with van der Waals surface area (Å²) in [4.78, 5) is 29.9. The van der Waals surface area contributed by atoms with Gasteiger partial charge < -0.3 is 24.4 Å². The first-order valence-electron chi connectivity index (χ1n) is 10.8. The Morgan fingerprint density at radius 2 is 1.97 bits per heavy atom. The van der Waals surface area contributed by atoms with Crippen molar-refractivity contribution in [1.29, 1.82) is 0 Å². The number of carbonyl (C=O) groups is 2. The zero-order valence-corrected chi connectivity index (χ0v) is 19.2. The largest absolute Gasteiger partial charge is 0.497 e. The average molecular weight is 431 g/mol. The first-order chi connectivity index (χ1) is 14.9. The maximum Gasteiger partial charge on any atom is 0.254 e. The summed E-state index contributed by atoms with van der Waals surface area (Å²) in [7, 11) is 1.56. The SMILES string of the molecule is CCN(CC)CCCC(C)N(CC(=O)Nc1cc(C)on1)C(=O)c1cccc(OC)c1. The molecular formula is C23H34N4O4. The van der Waals surface area contributed by atoms with Crippen molar-refractivity contribution < 1.29 is 18.8 Å². The molecule has 8 nitrogen and oxygen atoms in total. The number of rotatable bonds is 12. The number of methoxy groups -OCH3 is 1. The van der Waals surface area contributed by atoms with E-state index >= 15 is 0 Å². The van der Waals surface area contributed by atoms with E-state index in [1.807, 2.05) is 6.92 Å². The Balaban J connectivity index is 2.12. The summed E-state index contributed by atoms with van der Waals surface area (Å²) in [6, 6.07) is 8.51. The fourth-order valence-electron chi connectivity index (χ4n) is 3.42. The van der Waals surface area contributed by atoms with Gasteiger partial charge >= 0.3 is 0 Å². The second-order valence-corrected chi connectivity index (χ2v) is 7.55. The first kappa shape index (κ1) is 24.4. The maximum atomic E-state index is 13.3. The van der Waals surface area contributed by atoms with Crippen LogP contribution in [0.15, 0.2) is 34.9 Å². The molecule has 1 aromatic heterocycles. The minimum absolute atomic E-state index is 0.0750. The molecule has 1 aromatic carbocycles. The smallest absolute Gasteiger partial charge is 0.254 e. The van der Waals surface area contributed by atoms with Crippen molar-refractivity contribution in [2.24, 2.45) is 0 Å². The Morgan fingerprint density at radius 1 is 1.23 bits per heavy atom. The number of amides is 2. The summed E-state index contributed by atoms with van der Waals surface area (Å²) in [6.45, 7) is 10.9. The predicted octanol–water partition coefficient (Wildman–Crippen LogP) is 3.58. The molecular weight excluding hydrogens is 396 g/mol.